The van der Waals surface area contributed by atoms with Crippen molar-refractivity contribution in [2.24, 2.45) is 0 Å². The van der Waals surface area contributed by atoms with Gasteiger partial charge in [0.15, 0.2) is 0 Å². The van der Waals surface area contributed by atoms with Crippen molar-refractivity contribution < 1.29 is 19.4 Å². The third kappa shape index (κ3) is 5.96. The molecule has 3 rings (SSSR count). The van der Waals surface area contributed by atoms with Crippen molar-refractivity contribution in [2.45, 2.75) is 6.42 Å². The molecule has 0 aliphatic rings. The molecule has 0 aliphatic carbocycles. The number of ether oxygens (including phenoxy) is 1. The summed E-state index contributed by atoms with van der Waals surface area (Å²) in [6.07, 6.45) is 2.15. The number of para-hydroxylation sites is 2. The number of amides is 2. The van der Waals surface area contributed by atoms with Gasteiger partial charge in [0.2, 0.25) is 0 Å². The van der Waals surface area contributed by atoms with Crippen LogP contribution in [0.2, 0.25) is 0 Å². The quantitative estimate of drug-likeness (QED) is 0.396. The van der Waals surface area contributed by atoms with E-state index in [1.54, 1.807) is 37.6 Å². The summed E-state index contributed by atoms with van der Waals surface area (Å²) in [4.78, 5) is 29.0. The van der Waals surface area contributed by atoms with E-state index in [1.807, 2.05) is 24.3 Å². The zero-order chi connectivity index (χ0) is 22.1. The molecule has 1 heterocycles. The lowest BCUT2D eigenvalue weighted by Gasteiger charge is -2.13. The van der Waals surface area contributed by atoms with Gasteiger partial charge in [-0.15, -0.1) is 0 Å². The fourth-order valence-electron chi connectivity index (χ4n) is 2.90. The predicted molar refractivity (Wildman–Crippen MR) is 118 cm³/mol. The number of phenolic OH excluding ortho intramolecular Hbond substituents is 1. The Morgan fingerprint density at radius 2 is 1.74 bits per heavy atom. The van der Waals surface area contributed by atoms with Crippen LogP contribution < -0.4 is 20.7 Å². The first-order chi connectivity index (χ1) is 15.1. The van der Waals surface area contributed by atoms with Crippen molar-refractivity contribution in [3.8, 4) is 11.5 Å². The summed E-state index contributed by atoms with van der Waals surface area (Å²) in [5, 5.41) is 18.2. The second kappa shape index (κ2) is 10.6. The van der Waals surface area contributed by atoms with Gasteiger partial charge in [-0.05, 0) is 48.9 Å². The van der Waals surface area contributed by atoms with E-state index < -0.39 is 0 Å². The molecule has 0 bridgehead atoms. The number of nitrogens with one attached hydrogen (secondary N) is 3. The molecule has 8 heteroatoms. The van der Waals surface area contributed by atoms with Gasteiger partial charge in [0.1, 0.15) is 17.3 Å². The fourth-order valence-corrected chi connectivity index (χ4v) is 2.90. The molecule has 0 saturated heterocycles. The summed E-state index contributed by atoms with van der Waals surface area (Å²) in [6.45, 7) is 0.760. The first-order valence-corrected chi connectivity index (χ1v) is 9.79. The van der Waals surface area contributed by atoms with Crippen LogP contribution in [0.1, 0.15) is 27.1 Å². The van der Waals surface area contributed by atoms with Crippen molar-refractivity contribution in [3.63, 3.8) is 0 Å². The molecule has 4 N–H and O–H groups in total. The Morgan fingerprint density at radius 1 is 0.968 bits per heavy atom. The van der Waals surface area contributed by atoms with Gasteiger partial charge in [0.25, 0.3) is 11.8 Å². The number of carbonyl (C=O) groups excluding carboxylic acids is 2. The number of carbonyl (C=O) groups is 2. The Hall–Kier alpha value is -4.07. The maximum absolute atomic E-state index is 12.6. The highest BCUT2D eigenvalue weighted by Gasteiger charge is 2.13. The highest BCUT2D eigenvalue weighted by Crippen LogP contribution is 2.27. The van der Waals surface area contributed by atoms with Crippen LogP contribution in [-0.4, -0.2) is 42.1 Å². The molecule has 0 fully saturated rings. The number of aromatic hydroxyl groups is 1. The maximum atomic E-state index is 12.6. The molecule has 0 atom stereocenters. The molecule has 2 amide bonds. The first-order valence-electron chi connectivity index (χ1n) is 9.79. The lowest BCUT2D eigenvalue weighted by atomic mass is 10.2. The van der Waals surface area contributed by atoms with Crippen LogP contribution in [0.5, 0.6) is 11.5 Å². The molecule has 0 unspecified atom stereocenters. The Bertz CT molecular complexity index is 1060. The highest BCUT2D eigenvalue weighted by molar-refractivity contribution is 5.99. The standard InChI is InChI=1S/C23H24N4O4/c1-31-20-11-3-2-10-19(20)27-21-18(9-5-12-24-21)23(30)26-14-6-13-25-22(29)16-7-4-8-17(28)15-16/h2-5,7-12,15,28H,6,13-14H2,1H3,(H,24,27)(H,25,29)(H,26,30). The summed E-state index contributed by atoms with van der Waals surface area (Å²) < 4.78 is 5.33. The van der Waals surface area contributed by atoms with Gasteiger partial charge in [-0.25, -0.2) is 4.98 Å². The molecule has 3 aromatic rings. The van der Waals surface area contributed by atoms with Gasteiger partial charge in [0.05, 0.1) is 18.4 Å². The fraction of sp³-hybridized carbons (Fsp3) is 0.174. The van der Waals surface area contributed by atoms with Gasteiger partial charge >= 0.3 is 0 Å². The third-order valence-corrected chi connectivity index (χ3v) is 4.45. The number of pyridine rings is 1. The SMILES string of the molecule is COc1ccccc1Nc1ncccc1C(=O)NCCCNC(=O)c1cccc(O)c1. The average Bonchev–Trinajstić information content (AvgIpc) is 2.79. The van der Waals surface area contributed by atoms with E-state index in [9.17, 15) is 14.7 Å². The summed E-state index contributed by atoms with van der Waals surface area (Å²) in [7, 11) is 1.58. The molecule has 2 aromatic carbocycles. The molecule has 0 spiro atoms. The molecule has 31 heavy (non-hydrogen) atoms. The first kappa shape index (κ1) is 21.6. The van der Waals surface area contributed by atoms with E-state index in [0.717, 1.165) is 0 Å². The van der Waals surface area contributed by atoms with Gasteiger partial charge in [0, 0.05) is 24.8 Å². The van der Waals surface area contributed by atoms with Crippen molar-refractivity contribution in [1.29, 1.82) is 0 Å². The number of hydrogen-bond acceptors (Lipinski definition) is 6. The number of methoxy groups -OCH3 is 1. The summed E-state index contributed by atoms with van der Waals surface area (Å²) in [6, 6.07) is 16.9. The van der Waals surface area contributed by atoms with Crippen molar-refractivity contribution >= 4 is 23.3 Å². The predicted octanol–water partition coefficient (Wildman–Crippen LogP) is 3.09. The van der Waals surface area contributed by atoms with Crippen LogP contribution in [0.25, 0.3) is 0 Å². The minimum absolute atomic E-state index is 0.0360. The zero-order valence-corrected chi connectivity index (χ0v) is 17.1. The van der Waals surface area contributed by atoms with E-state index in [2.05, 4.69) is 20.9 Å². The van der Waals surface area contributed by atoms with E-state index >= 15 is 0 Å². The van der Waals surface area contributed by atoms with Crippen molar-refractivity contribution in [3.05, 3.63) is 78.0 Å². The molecule has 0 radical (unpaired) electrons. The second-order valence-corrected chi connectivity index (χ2v) is 6.64. The number of aromatic nitrogens is 1. The molecular formula is C23H24N4O4. The molecule has 0 aliphatic heterocycles. The van der Waals surface area contributed by atoms with E-state index in [4.69, 9.17) is 4.74 Å². The molecular weight excluding hydrogens is 396 g/mol. The van der Waals surface area contributed by atoms with Gasteiger partial charge in [-0.1, -0.05) is 18.2 Å². The van der Waals surface area contributed by atoms with Crippen LogP contribution in [0.3, 0.4) is 0 Å². The van der Waals surface area contributed by atoms with Gasteiger partial charge < -0.3 is 25.8 Å². The number of rotatable bonds is 9. The smallest absolute Gasteiger partial charge is 0.255 e. The molecule has 1 aromatic heterocycles. The third-order valence-electron chi connectivity index (χ3n) is 4.45. The molecule has 160 valence electrons. The number of benzene rings is 2. The van der Waals surface area contributed by atoms with Crippen molar-refractivity contribution in [1.82, 2.24) is 15.6 Å². The number of anilines is 2. The lowest BCUT2D eigenvalue weighted by molar-refractivity contribution is 0.0951. The largest absolute Gasteiger partial charge is 0.508 e. The summed E-state index contributed by atoms with van der Waals surface area (Å²) >= 11 is 0. The Labute approximate surface area is 180 Å². The topological polar surface area (TPSA) is 113 Å². The van der Waals surface area contributed by atoms with E-state index in [-0.39, 0.29) is 17.6 Å². The minimum Gasteiger partial charge on any atom is -0.508 e. The average molecular weight is 420 g/mol. The number of nitrogens with zero attached hydrogens (tertiary/aromatic N) is 1. The van der Waals surface area contributed by atoms with Gasteiger partial charge in [-0.2, -0.15) is 0 Å². The lowest BCUT2D eigenvalue weighted by Crippen LogP contribution is -2.30. The zero-order valence-electron chi connectivity index (χ0n) is 17.1. The summed E-state index contributed by atoms with van der Waals surface area (Å²) in [5.74, 6) is 0.542. The Balaban J connectivity index is 1.51. The summed E-state index contributed by atoms with van der Waals surface area (Å²) in [5.41, 5.74) is 1.48. The molecule has 8 nitrogen and oxygen atoms in total. The van der Waals surface area contributed by atoms with E-state index in [0.29, 0.717) is 47.9 Å². The van der Waals surface area contributed by atoms with Gasteiger partial charge in [-0.3, -0.25) is 9.59 Å². The monoisotopic (exact) mass is 420 g/mol. The van der Waals surface area contributed by atoms with Crippen LogP contribution in [-0.2, 0) is 0 Å². The second-order valence-electron chi connectivity index (χ2n) is 6.64. The van der Waals surface area contributed by atoms with Crippen LogP contribution in [0.4, 0.5) is 11.5 Å². The maximum Gasteiger partial charge on any atom is 0.255 e. The van der Waals surface area contributed by atoms with E-state index in [1.165, 1.54) is 12.1 Å². The van der Waals surface area contributed by atoms with Crippen molar-refractivity contribution in [2.75, 3.05) is 25.5 Å². The normalized spacial score (nSPS) is 10.2. The number of phenols is 1. The highest BCUT2D eigenvalue weighted by atomic mass is 16.5. The van der Waals surface area contributed by atoms with Crippen LogP contribution in [0.15, 0.2) is 66.9 Å². The van der Waals surface area contributed by atoms with Crippen LogP contribution >= 0.6 is 0 Å². The Morgan fingerprint density at radius 3 is 2.52 bits per heavy atom. The number of hydrogen-bond donors (Lipinski definition) is 4. The minimum atomic E-state index is -0.280. The Kier molecular flexibility index (Phi) is 7.42. The molecule has 0 saturated carbocycles. The van der Waals surface area contributed by atoms with Crippen LogP contribution in [0, 0.1) is 0 Å².